The Bertz CT molecular complexity index is 613. The van der Waals surface area contributed by atoms with Crippen molar-refractivity contribution in [3.05, 3.63) is 77.9 Å². The second-order valence-electron chi connectivity index (χ2n) is 4.29. The molecule has 0 fully saturated rings. The minimum Gasteiger partial charge on any atom is -0.478 e. The minimum atomic E-state index is -0.922. The van der Waals surface area contributed by atoms with Gasteiger partial charge in [-0.25, -0.2) is 4.79 Å². The van der Waals surface area contributed by atoms with E-state index in [4.69, 9.17) is 10.8 Å². The van der Waals surface area contributed by atoms with Crippen LogP contribution in [0.15, 0.2) is 66.7 Å². The molecular formula is C17H18N2O2S. The molecule has 0 radical (unpaired) electrons. The van der Waals surface area contributed by atoms with Gasteiger partial charge in [-0.05, 0) is 29.4 Å². The van der Waals surface area contributed by atoms with Crippen molar-refractivity contribution in [1.29, 1.82) is 0 Å². The van der Waals surface area contributed by atoms with Crippen molar-refractivity contribution >= 4 is 29.4 Å². The van der Waals surface area contributed by atoms with Crippen LogP contribution >= 0.6 is 12.2 Å². The van der Waals surface area contributed by atoms with Gasteiger partial charge in [-0.15, -0.1) is 0 Å². The van der Waals surface area contributed by atoms with E-state index in [1.165, 1.54) is 5.56 Å². The van der Waals surface area contributed by atoms with E-state index in [0.717, 1.165) is 11.6 Å². The van der Waals surface area contributed by atoms with E-state index in [0.29, 0.717) is 11.7 Å². The highest BCUT2D eigenvalue weighted by atomic mass is 32.1. The predicted molar refractivity (Wildman–Crippen MR) is 93.2 cm³/mol. The first-order valence-electron chi connectivity index (χ1n) is 6.61. The monoisotopic (exact) mass is 314 g/mol. The molecule has 2 aromatic carbocycles. The summed E-state index contributed by atoms with van der Waals surface area (Å²) in [5.74, 6) is -0.922. The standard InChI is InChI=1S/C9H8O2.C8H10N2S/c10-9(11)7-6-8-4-2-1-3-5-8;9-8(11)10-6-7-4-2-1-3-5-7/h1-7H,(H,10,11);1-5H,6H2,(H3,9,10,11). The smallest absolute Gasteiger partial charge is 0.328 e. The number of carboxylic acid groups (broad SMARTS) is 1. The van der Waals surface area contributed by atoms with Gasteiger partial charge >= 0.3 is 5.97 Å². The normalized spacial score (nSPS) is 9.64. The summed E-state index contributed by atoms with van der Waals surface area (Å²) >= 11 is 4.66. The van der Waals surface area contributed by atoms with Gasteiger partial charge < -0.3 is 16.2 Å². The number of rotatable bonds is 4. The Morgan fingerprint density at radius 3 is 2.14 bits per heavy atom. The van der Waals surface area contributed by atoms with Crippen LogP contribution in [-0.2, 0) is 11.3 Å². The Morgan fingerprint density at radius 2 is 1.64 bits per heavy atom. The van der Waals surface area contributed by atoms with Gasteiger partial charge in [0.1, 0.15) is 0 Å². The highest BCUT2D eigenvalue weighted by Crippen LogP contribution is 2.00. The van der Waals surface area contributed by atoms with Gasteiger partial charge in [0, 0.05) is 12.6 Å². The average Bonchev–Trinajstić information content (AvgIpc) is 2.53. The van der Waals surface area contributed by atoms with Crippen LogP contribution in [0, 0.1) is 0 Å². The fourth-order valence-corrected chi connectivity index (χ4v) is 1.59. The Balaban J connectivity index is 0.000000220. The van der Waals surface area contributed by atoms with Crippen molar-refractivity contribution in [2.45, 2.75) is 6.54 Å². The number of benzene rings is 2. The van der Waals surface area contributed by atoms with E-state index in [-0.39, 0.29) is 0 Å². The second kappa shape index (κ2) is 10.1. The number of aliphatic carboxylic acids is 1. The fourth-order valence-electron chi connectivity index (χ4n) is 1.52. The van der Waals surface area contributed by atoms with Gasteiger partial charge in [0.25, 0.3) is 0 Å². The van der Waals surface area contributed by atoms with Gasteiger partial charge in [-0.2, -0.15) is 0 Å². The molecule has 0 amide bonds. The third-order valence-corrected chi connectivity index (χ3v) is 2.67. The lowest BCUT2D eigenvalue weighted by molar-refractivity contribution is -0.131. The molecule has 2 rings (SSSR count). The highest BCUT2D eigenvalue weighted by molar-refractivity contribution is 7.80. The van der Waals surface area contributed by atoms with E-state index in [1.54, 1.807) is 6.08 Å². The molecule has 5 heteroatoms. The molecule has 0 saturated carbocycles. The molecular weight excluding hydrogens is 296 g/mol. The molecule has 0 unspecified atom stereocenters. The molecule has 0 saturated heterocycles. The van der Waals surface area contributed by atoms with Crippen LogP contribution < -0.4 is 11.1 Å². The molecule has 2 aromatic rings. The van der Waals surface area contributed by atoms with Crippen molar-refractivity contribution in [2.75, 3.05) is 0 Å². The van der Waals surface area contributed by atoms with Gasteiger partial charge in [-0.3, -0.25) is 0 Å². The Kier molecular flexibility index (Phi) is 8.00. The summed E-state index contributed by atoms with van der Waals surface area (Å²) in [6.07, 6.45) is 2.68. The van der Waals surface area contributed by atoms with E-state index >= 15 is 0 Å². The van der Waals surface area contributed by atoms with Crippen LogP contribution in [0.1, 0.15) is 11.1 Å². The van der Waals surface area contributed by atoms with Gasteiger partial charge in [0.15, 0.2) is 5.11 Å². The second-order valence-corrected chi connectivity index (χ2v) is 4.73. The van der Waals surface area contributed by atoms with Crippen LogP contribution in [0.25, 0.3) is 6.08 Å². The quantitative estimate of drug-likeness (QED) is 0.598. The number of hydrogen-bond acceptors (Lipinski definition) is 2. The Hall–Kier alpha value is -2.66. The zero-order chi connectivity index (χ0) is 16.2. The van der Waals surface area contributed by atoms with Gasteiger partial charge in [-0.1, -0.05) is 60.7 Å². The molecule has 4 N–H and O–H groups in total. The number of nitrogens with one attached hydrogen (secondary N) is 1. The lowest BCUT2D eigenvalue weighted by Gasteiger charge is -2.02. The largest absolute Gasteiger partial charge is 0.478 e. The molecule has 114 valence electrons. The molecule has 0 spiro atoms. The first-order chi connectivity index (χ1) is 10.6. The van der Waals surface area contributed by atoms with Gasteiger partial charge in [0.05, 0.1) is 0 Å². The van der Waals surface area contributed by atoms with Crippen LogP contribution in [0.4, 0.5) is 0 Å². The molecule has 0 aromatic heterocycles. The summed E-state index contributed by atoms with van der Waals surface area (Å²) in [7, 11) is 0. The van der Waals surface area contributed by atoms with Crippen molar-refractivity contribution < 1.29 is 9.90 Å². The third kappa shape index (κ3) is 8.50. The van der Waals surface area contributed by atoms with E-state index in [9.17, 15) is 4.79 Å². The zero-order valence-corrected chi connectivity index (χ0v) is 12.8. The molecule has 4 nitrogen and oxygen atoms in total. The molecule has 0 aliphatic rings. The fraction of sp³-hybridized carbons (Fsp3) is 0.0588. The maximum Gasteiger partial charge on any atom is 0.328 e. The molecule has 0 aliphatic carbocycles. The number of thiocarbonyl (C=S) groups is 1. The summed E-state index contributed by atoms with van der Waals surface area (Å²) in [6, 6.07) is 19.3. The lowest BCUT2D eigenvalue weighted by atomic mass is 10.2. The zero-order valence-electron chi connectivity index (χ0n) is 12.0. The van der Waals surface area contributed by atoms with Crippen LogP contribution in [0.3, 0.4) is 0 Å². The van der Waals surface area contributed by atoms with Crippen molar-refractivity contribution in [1.82, 2.24) is 5.32 Å². The summed E-state index contributed by atoms with van der Waals surface area (Å²) in [5.41, 5.74) is 7.34. The first-order valence-corrected chi connectivity index (χ1v) is 7.02. The number of carboxylic acids is 1. The molecule has 22 heavy (non-hydrogen) atoms. The van der Waals surface area contributed by atoms with Crippen LogP contribution in [0.5, 0.6) is 0 Å². The van der Waals surface area contributed by atoms with Crippen LogP contribution in [0.2, 0.25) is 0 Å². The summed E-state index contributed by atoms with van der Waals surface area (Å²) in [6.45, 7) is 0.705. The number of nitrogens with two attached hydrogens (primary N) is 1. The molecule has 0 bridgehead atoms. The Labute approximate surface area is 135 Å². The lowest BCUT2D eigenvalue weighted by Crippen LogP contribution is -2.28. The minimum absolute atomic E-state index is 0.342. The summed E-state index contributed by atoms with van der Waals surface area (Å²) in [5, 5.41) is 11.5. The van der Waals surface area contributed by atoms with Crippen LogP contribution in [-0.4, -0.2) is 16.2 Å². The van der Waals surface area contributed by atoms with Crippen molar-refractivity contribution in [3.8, 4) is 0 Å². The van der Waals surface area contributed by atoms with Crippen molar-refractivity contribution in [2.24, 2.45) is 5.73 Å². The maximum atomic E-state index is 10.1. The molecule has 0 aliphatic heterocycles. The predicted octanol–water partition coefficient (Wildman–Crippen LogP) is 2.80. The van der Waals surface area contributed by atoms with E-state index < -0.39 is 5.97 Å². The number of carbonyl (C=O) groups is 1. The summed E-state index contributed by atoms with van der Waals surface area (Å²) in [4.78, 5) is 10.1. The average molecular weight is 314 g/mol. The summed E-state index contributed by atoms with van der Waals surface area (Å²) < 4.78 is 0. The highest BCUT2D eigenvalue weighted by Gasteiger charge is 1.89. The number of hydrogen-bond donors (Lipinski definition) is 3. The van der Waals surface area contributed by atoms with Crippen molar-refractivity contribution in [3.63, 3.8) is 0 Å². The molecule has 0 atom stereocenters. The maximum absolute atomic E-state index is 10.1. The molecule has 0 heterocycles. The Morgan fingerprint density at radius 1 is 1.09 bits per heavy atom. The van der Waals surface area contributed by atoms with E-state index in [2.05, 4.69) is 17.5 Å². The SMILES string of the molecule is NC(=S)NCc1ccccc1.O=C(O)C=Cc1ccccc1. The van der Waals surface area contributed by atoms with E-state index in [1.807, 2.05) is 60.7 Å². The first kappa shape index (κ1) is 17.4. The van der Waals surface area contributed by atoms with Gasteiger partial charge in [0.2, 0.25) is 0 Å². The third-order valence-electron chi connectivity index (χ3n) is 2.53. The topological polar surface area (TPSA) is 75.3 Å².